The van der Waals surface area contributed by atoms with Gasteiger partial charge in [-0.25, -0.2) is 9.69 Å². The fourth-order valence-corrected chi connectivity index (χ4v) is 3.29. The van der Waals surface area contributed by atoms with Gasteiger partial charge in [-0.2, -0.15) is 0 Å². The fourth-order valence-electron chi connectivity index (χ4n) is 3.11. The van der Waals surface area contributed by atoms with Gasteiger partial charge in [-0.3, -0.25) is 14.9 Å². The summed E-state index contributed by atoms with van der Waals surface area (Å²) >= 11 is 5.98. The summed E-state index contributed by atoms with van der Waals surface area (Å²) in [5, 5.41) is 2.56. The second kappa shape index (κ2) is 8.85. The fraction of sp³-hybridized carbons (Fsp3) is 0.0417. The normalized spacial score (nSPS) is 15.2. The highest BCUT2D eigenvalue weighted by atomic mass is 35.5. The number of nitrogens with one attached hydrogen (secondary N) is 1. The average Bonchev–Trinajstić information content (AvgIpc) is 2.76. The molecule has 1 fully saturated rings. The third-order valence-corrected chi connectivity index (χ3v) is 4.82. The van der Waals surface area contributed by atoms with Crippen LogP contribution in [0.4, 0.5) is 10.5 Å². The van der Waals surface area contributed by atoms with Gasteiger partial charge in [0, 0.05) is 5.02 Å². The molecule has 1 saturated heterocycles. The largest absolute Gasteiger partial charge is 0.489 e. The summed E-state index contributed by atoms with van der Waals surface area (Å²) in [6.07, 6.45) is 1.43. The van der Waals surface area contributed by atoms with Gasteiger partial charge in [0.1, 0.15) is 17.9 Å². The maximum atomic E-state index is 13.0. The van der Waals surface area contributed by atoms with Crippen LogP contribution in [0.15, 0.2) is 84.4 Å². The van der Waals surface area contributed by atoms with E-state index in [1.54, 1.807) is 42.5 Å². The number of hydrogen-bond donors (Lipinski definition) is 1. The van der Waals surface area contributed by atoms with Gasteiger partial charge in [-0.1, -0.05) is 60.1 Å². The number of ether oxygens (including phenoxy) is 1. The molecule has 154 valence electrons. The quantitative estimate of drug-likeness (QED) is 0.472. The molecule has 31 heavy (non-hydrogen) atoms. The number of rotatable bonds is 5. The summed E-state index contributed by atoms with van der Waals surface area (Å²) in [5.41, 5.74) is 1.71. The van der Waals surface area contributed by atoms with E-state index in [-0.39, 0.29) is 11.3 Å². The topological polar surface area (TPSA) is 75.7 Å². The van der Waals surface area contributed by atoms with E-state index in [9.17, 15) is 14.4 Å². The van der Waals surface area contributed by atoms with Gasteiger partial charge in [0.2, 0.25) is 0 Å². The summed E-state index contributed by atoms with van der Waals surface area (Å²) in [5.74, 6) is -0.903. The van der Waals surface area contributed by atoms with Crippen LogP contribution in [-0.2, 0) is 16.2 Å². The lowest BCUT2D eigenvalue weighted by Gasteiger charge is -2.26. The van der Waals surface area contributed by atoms with Gasteiger partial charge in [0.15, 0.2) is 0 Å². The van der Waals surface area contributed by atoms with Crippen molar-refractivity contribution >= 4 is 41.2 Å². The number of nitrogens with zero attached hydrogens (tertiary/aromatic N) is 1. The Balaban J connectivity index is 1.59. The Hall–Kier alpha value is -3.90. The van der Waals surface area contributed by atoms with Crippen molar-refractivity contribution in [3.8, 4) is 5.75 Å². The Labute approximate surface area is 183 Å². The van der Waals surface area contributed by atoms with Crippen LogP contribution in [0, 0.1) is 0 Å². The van der Waals surface area contributed by atoms with E-state index in [0.717, 1.165) is 10.5 Å². The molecular formula is C24H17ClN2O4. The smallest absolute Gasteiger partial charge is 0.335 e. The van der Waals surface area contributed by atoms with Crippen molar-refractivity contribution in [1.29, 1.82) is 0 Å². The molecule has 7 heteroatoms. The van der Waals surface area contributed by atoms with Crippen LogP contribution in [0.2, 0.25) is 5.02 Å². The van der Waals surface area contributed by atoms with Crippen LogP contribution in [-0.4, -0.2) is 17.8 Å². The van der Waals surface area contributed by atoms with Gasteiger partial charge in [-0.15, -0.1) is 0 Å². The Kier molecular flexibility index (Phi) is 5.82. The van der Waals surface area contributed by atoms with Crippen molar-refractivity contribution in [2.45, 2.75) is 6.61 Å². The van der Waals surface area contributed by atoms with Gasteiger partial charge >= 0.3 is 6.03 Å². The molecule has 0 unspecified atom stereocenters. The number of barbiturate groups is 1. The second-order valence-corrected chi connectivity index (χ2v) is 7.22. The zero-order chi connectivity index (χ0) is 21.8. The van der Waals surface area contributed by atoms with Crippen molar-refractivity contribution in [2.24, 2.45) is 0 Å². The van der Waals surface area contributed by atoms with E-state index in [0.29, 0.717) is 22.9 Å². The molecule has 0 saturated carbocycles. The summed E-state index contributed by atoms with van der Waals surface area (Å²) < 4.78 is 5.80. The first-order valence-electron chi connectivity index (χ1n) is 9.45. The third kappa shape index (κ3) is 4.65. The predicted molar refractivity (Wildman–Crippen MR) is 118 cm³/mol. The minimum Gasteiger partial charge on any atom is -0.489 e. The first-order chi connectivity index (χ1) is 15.0. The van der Waals surface area contributed by atoms with Crippen molar-refractivity contribution < 1.29 is 19.1 Å². The molecule has 4 rings (SSSR count). The Morgan fingerprint density at radius 1 is 0.903 bits per heavy atom. The average molecular weight is 433 g/mol. The number of anilines is 1. The van der Waals surface area contributed by atoms with Crippen molar-refractivity contribution in [3.05, 3.63) is 101 Å². The molecule has 6 nitrogen and oxygen atoms in total. The molecule has 3 aromatic carbocycles. The van der Waals surface area contributed by atoms with Gasteiger partial charge in [0.25, 0.3) is 11.8 Å². The molecule has 0 radical (unpaired) electrons. The van der Waals surface area contributed by atoms with Crippen molar-refractivity contribution in [1.82, 2.24) is 5.32 Å². The number of benzene rings is 3. The highest BCUT2D eigenvalue weighted by Gasteiger charge is 2.36. The lowest BCUT2D eigenvalue weighted by molar-refractivity contribution is -0.122. The zero-order valence-corrected chi connectivity index (χ0v) is 17.0. The Bertz CT molecular complexity index is 1190. The van der Waals surface area contributed by atoms with Gasteiger partial charge < -0.3 is 4.74 Å². The first kappa shape index (κ1) is 20.4. The maximum absolute atomic E-state index is 13.0. The van der Waals surface area contributed by atoms with E-state index in [1.165, 1.54) is 12.1 Å². The first-order valence-corrected chi connectivity index (χ1v) is 9.83. The van der Waals surface area contributed by atoms with Crippen LogP contribution < -0.4 is 15.0 Å². The highest BCUT2D eigenvalue weighted by molar-refractivity contribution is 6.39. The van der Waals surface area contributed by atoms with Crippen molar-refractivity contribution in [2.75, 3.05) is 4.90 Å². The molecule has 0 aromatic heterocycles. The summed E-state index contributed by atoms with van der Waals surface area (Å²) in [6.45, 7) is 0.386. The number of urea groups is 1. The van der Waals surface area contributed by atoms with Crippen LogP contribution in [0.25, 0.3) is 6.08 Å². The molecule has 1 N–H and O–H groups in total. The molecular weight excluding hydrogens is 416 g/mol. The molecule has 0 aliphatic carbocycles. The molecule has 3 aromatic rings. The lowest BCUT2D eigenvalue weighted by Crippen LogP contribution is -2.54. The molecule has 1 aliphatic heterocycles. The number of amides is 4. The Morgan fingerprint density at radius 3 is 2.45 bits per heavy atom. The second-order valence-electron chi connectivity index (χ2n) is 6.78. The predicted octanol–water partition coefficient (Wildman–Crippen LogP) is 4.59. The summed E-state index contributed by atoms with van der Waals surface area (Å²) in [7, 11) is 0. The zero-order valence-electron chi connectivity index (χ0n) is 16.2. The standard InChI is InChI=1S/C24H17ClN2O4/c25-18-9-5-10-19(14-18)27-23(29)21(22(28)26-24(27)30)13-17-8-4-11-20(12-17)31-15-16-6-2-1-3-7-16/h1-14H,15H2,(H,26,28,30)/b21-13-. The van der Waals surface area contributed by atoms with E-state index >= 15 is 0 Å². The van der Waals surface area contributed by atoms with Crippen LogP contribution in [0.5, 0.6) is 5.75 Å². The number of hydrogen-bond acceptors (Lipinski definition) is 4. The third-order valence-electron chi connectivity index (χ3n) is 4.59. The minimum absolute atomic E-state index is 0.167. The number of halogens is 1. The van der Waals surface area contributed by atoms with Crippen LogP contribution >= 0.6 is 11.6 Å². The number of carbonyl (C=O) groups is 3. The molecule has 0 spiro atoms. The highest BCUT2D eigenvalue weighted by Crippen LogP contribution is 2.25. The Morgan fingerprint density at radius 2 is 1.68 bits per heavy atom. The van der Waals surface area contributed by atoms with E-state index in [1.807, 2.05) is 30.3 Å². The van der Waals surface area contributed by atoms with Crippen LogP contribution in [0.1, 0.15) is 11.1 Å². The SMILES string of the molecule is O=C1NC(=O)N(c2cccc(Cl)c2)C(=O)/C1=C\c1cccc(OCc2ccccc2)c1. The van der Waals surface area contributed by atoms with E-state index < -0.39 is 17.8 Å². The van der Waals surface area contributed by atoms with Crippen molar-refractivity contribution in [3.63, 3.8) is 0 Å². The summed E-state index contributed by atoms with van der Waals surface area (Å²) in [4.78, 5) is 38.5. The maximum Gasteiger partial charge on any atom is 0.335 e. The lowest BCUT2D eigenvalue weighted by atomic mass is 10.1. The molecule has 0 bridgehead atoms. The van der Waals surface area contributed by atoms with E-state index in [4.69, 9.17) is 16.3 Å². The van der Waals surface area contributed by atoms with Gasteiger partial charge in [-0.05, 0) is 47.5 Å². The molecule has 4 amide bonds. The monoisotopic (exact) mass is 432 g/mol. The minimum atomic E-state index is -0.825. The van der Waals surface area contributed by atoms with E-state index in [2.05, 4.69) is 5.32 Å². The molecule has 1 aliphatic rings. The summed E-state index contributed by atoms with van der Waals surface area (Å²) in [6, 6.07) is 22.2. The van der Waals surface area contributed by atoms with Gasteiger partial charge in [0.05, 0.1) is 5.69 Å². The molecule has 0 atom stereocenters. The van der Waals surface area contributed by atoms with Crippen LogP contribution in [0.3, 0.4) is 0 Å². The molecule has 1 heterocycles. The number of carbonyl (C=O) groups excluding carboxylic acids is 3. The number of imide groups is 2.